The summed E-state index contributed by atoms with van der Waals surface area (Å²) in [7, 11) is 0. The minimum Gasteiger partial charge on any atom is -0.454 e. The van der Waals surface area contributed by atoms with Gasteiger partial charge < -0.3 is 9.32 Å². The Morgan fingerprint density at radius 1 is 0.417 bits per heavy atom. The zero-order chi connectivity index (χ0) is 31.9. The molecule has 7 aromatic carbocycles. The fourth-order valence-electron chi connectivity index (χ4n) is 6.74. The second kappa shape index (κ2) is 11.7. The molecule has 0 amide bonds. The van der Waals surface area contributed by atoms with Crippen molar-refractivity contribution in [1.29, 1.82) is 0 Å². The van der Waals surface area contributed by atoms with E-state index in [9.17, 15) is 0 Å². The zero-order valence-corrected chi connectivity index (χ0v) is 26.1. The van der Waals surface area contributed by atoms with Gasteiger partial charge in [-0.3, -0.25) is 0 Å². The average molecular weight is 615 g/mol. The van der Waals surface area contributed by atoms with Crippen molar-refractivity contribution in [3.05, 3.63) is 182 Å². The predicted molar refractivity (Wildman–Crippen MR) is 200 cm³/mol. The fourth-order valence-corrected chi connectivity index (χ4v) is 6.74. The summed E-state index contributed by atoms with van der Waals surface area (Å²) >= 11 is 0. The van der Waals surface area contributed by atoms with E-state index in [2.05, 4.69) is 169 Å². The summed E-state index contributed by atoms with van der Waals surface area (Å²) in [5, 5.41) is 3.39. The van der Waals surface area contributed by atoms with Crippen molar-refractivity contribution in [3.63, 3.8) is 0 Å². The predicted octanol–water partition coefficient (Wildman–Crippen LogP) is 12.6. The third-order valence-corrected chi connectivity index (χ3v) is 9.09. The highest BCUT2D eigenvalue weighted by atomic mass is 16.3. The van der Waals surface area contributed by atoms with Crippen LogP contribution in [0.4, 0.5) is 17.1 Å². The van der Waals surface area contributed by atoms with Crippen LogP contribution in [0.3, 0.4) is 0 Å². The summed E-state index contributed by atoms with van der Waals surface area (Å²) < 4.78 is 6.22. The molecule has 2 heterocycles. The van der Waals surface area contributed by atoms with Crippen LogP contribution in [0.15, 0.2) is 186 Å². The Hall–Kier alpha value is -6.45. The first-order valence-electron chi connectivity index (χ1n) is 16.2. The molecule has 0 radical (unpaired) electrons. The Morgan fingerprint density at radius 3 is 1.75 bits per heavy atom. The van der Waals surface area contributed by atoms with Crippen LogP contribution in [0.25, 0.3) is 66.4 Å². The van der Waals surface area contributed by atoms with Crippen molar-refractivity contribution < 1.29 is 4.42 Å². The number of hydrogen-bond acceptors (Lipinski definition) is 3. The van der Waals surface area contributed by atoms with Gasteiger partial charge in [-0.05, 0) is 76.0 Å². The summed E-state index contributed by atoms with van der Waals surface area (Å²) in [5.74, 6) is 0. The van der Waals surface area contributed by atoms with E-state index in [0.717, 1.165) is 55.8 Å². The Morgan fingerprint density at radius 2 is 1.00 bits per heavy atom. The van der Waals surface area contributed by atoms with Gasteiger partial charge in [0, 0.05) is 22.5 Å². The van der Waals surface area contributed by atoms with Crippen LogP contribution in [-0.2, 0) is 0 Å². The number of para-hydroxylation sites is 1. The molecule has 0 atom stereocenters. The van der Waals surface area contributed by atoms with Crippen molar-refractivity contribution in [2.45, 2.75) is 0 Å². The number of aromatic nitrogens is 1. The van der Waals surface area contributed by atoms with Gasteiger partial charge in [-0.2, -0.15) is 0 Å². The van der Waals surface area contributed by atoms with Crippen LogP contribution >= 0.6 is 0 Å². The number of furan rings is 1. The molecule has 3 nitrogen and oxygen atoms in total. The lowest BCUT2D eigenvalue weighted by atomic mass is 10.0. The lowest BCUT2D eigenvalue weighted by Gasteiger charge is -2.28. The lowest BCUT2D eigenvalue weighted by Crippen LogP contribution is -2.11. The molecule has 0 bridgehead atoms. The van der Waals surface area contributed by atoms with Gasteiger partial charge in [0.1, 0.15) is 11.1 Å². The third-order valence-electron chi connectivity index (χ3n) is 9.09. The quantitative estimate of drug-likeness (QED) is 0.187. The maximum absolute atomic E-state index is 6.22. The van der Waals surface area contributed by atoms with Crippen molar-refractivity contribution in [1.82, 2.24) is 4.98 Å². The minimum atomic E-state index is 0.796. The van der Waals surface area contributed by atoms with Gasteiger partial charge >= 0.3 is 0 Å². The molecule has 0 unspecified atom stereocenters. The summed E-state index contributed by atoms with van der Waals surface area (Å²) in [6, 6.07) is 63.9. The molecule has 9 aromatic rings. The standard InChI is InChI=1S/C45H30N2O/c1-3-11-31(12-4-1)32-19-24-36(25-20-32)47(41-18-10-9-16-38(41)33-13-5-2-6-14-33)37-26-21-35(22-27-37)40-28-30-43-45(46-40)44-39-17-8-7-15-34(39)23-29-42(44)48-43/h1-30H. The molecule has 0 spiro atoms. The molecule has 9 rings (SSSR count). The van der Waals surface area contributed by atoms with Crippen molar-refractivity contribution in [2.75, 3.05) is 4.90 Å². The first kappa shape index (κ1) is 27.8. The Balaban J connectivity index is 1.15. The van der Waals surface area contributed by atoms with E-state index >= 15 is 0 Å². The monoisotopic (exact) mass is 614 g/mol. The van der Waals surface area contributed by atoms with E-state index in [1.54, 1.807) is 0 Å². The molecule has 0 saturated carbocycles. The van der Waals surface area contributed by atoms with Crippen LogP contribution < -0.4 is 4.90 Å². The van der Waals surface area contributed by atoms with Gasteiger partial charge in [0.2, 0.25) is 0 Å². The maximum atomic E-state index is 6.22. The average Bonchev–Trinajstić information content (AvgIpc) is 3.55. The molecule has 0 fully saturated rings. The molecule has 0 N–H and O–H groups in total. The molecule has 0 aliphatic heterocycles. The number of pyridine rings is 1. The summed E-state index contributed by atoms with van der Waals surface area (Å²) in [6.07, 6.45) is 0. The Kier molecular flexibility index (Phi) is 6.80. The largest absolute Gasteiger partial charge is 0.454 e. The van der Waals surface area contributed by atoms with Gasteiger partial charge in [-0.15, -0.1) is 0 Å². The molecule has 0 saturated heterocycles. The molecular weight excluding hydrogens is 585 g/mol. The van der Waals surface area contributed by atoms with Crippen LogP contribution in [0.2, 0.25) is 0 Å². The van der Waals surface area contributed by atoms with E-state index in [1.807, 2.05) is 18.2 Å². The first-order chi connectivity index (χ1) is 23.8. The smallest absolute Gasteiger partial charge is 0.153 e. The van der Waals surface area contributed by atoms with Crippen LogP contribution in [0.1, 0.15) is 0 Å². The van der Waals surface area contributed by atoms with E-state index in [4.69, 9.17) is 9.40 Å². The number of anilines is 3. The van der Waals surface area contributed by atoms with Crippen LogP contribution in [0, 0.1) is 0 Å². The van der Waals surface area contributed by atoms with E-state index in [0.29, 0.717) is 0 Å². The molecule has 48 heavy (non-hydrogen) atoms. The second-order valence-electron chi connectivity index (χ2n) is 12.0. The first-order valence-corrected chi connectivity index (χ1v) is 16.2. The Labute approximate surface area is 279 Å². The number of hydrogen-bond donors (Lipinski definition) is 0. The van der Waals surface area contributed by atoms with Crippen molar-refractivity contribution in [2.24, 2.45) is 0 Å². The Bertz CT molecular complexity index is 2540. The fraction of sp³-hybridized carbons (Fsp3) is 0. The summed E-state index contributed by atoms with van der Waals surface area (Å²) in [6.45, 7) is 0. The van der Waals surface area contributed by atoms with E-state index < -0.39 is 0 Å². The van der Waals surface area contributed by atoms with Gasteiger partial charge in [-0.1, -0.05) is 133 Å². The summed E-state index contributed by atoms with van der Waals surface area (Å²) in [5.41, 5.74) is 12.5. The number of rotatable bonds is 6. The number of benzene rings is 7. The molecule has 0 aliphatic carbocycles. The topological polar surface area (TPSA) is 29.3 Å². The van der Waals surface area contributed by atoms with Gasteiger partial charge in [0.05, 0.1) is 16.8 Å². The highest BCUT2D eigenvalue weighted by Gasteiger charge is 2.18. The van der Waals surface area contributed by atoms with Gasteiger partial charge in [-0.25, -0.2) is 4.98 Å². The van der Waals surface area contributed by atoms with Gasteiger partial charge in [0.25, 0.3) is 0 Å². The second-order valence-corrected chi connectivity index (χ2v) is 12.0. The van der Waals surface area contributed by atoms with Crippen molar-refractivity contribution >= 4 is 49.9 Å². The van der Waals surface area contributed by atoms with E-state index in [1.165, 1.54) is 27.6 Å². The number of nitrogens with zero attached hydrogens (tertiary/aromatic N) is 2. The molecule has 0 aliphatic rings. The molecule has 2 aromatic heterocycles. The SMILES string of the molecule is c1ccc(-c2ccc(N(c3ccc(-c4ccc5oc6ccc7ccccc7c6c5n4)cc3)c3ccccc3-c3ccccc3)cc2)cc1. The molecular formula is C45H30N2O. The lowest BCUT2D eigenvalue weighted by molar-refractivity contribution is 0.668. The highest BCUT2D eigenvalue weighted by Crippen LogP contribution is 2.42. The number of fused-ring (bicyclic) bond motifs is 5. The normalized spacial score (nSPS) is 11.3. The maximum Gasteiger partial charge on any atom is 0.153 e. The van der Waals surface area contributed by atoms with Crippen LogP contribution in [-0.4, -0.2) is 4.98 Å². The molecule has 226 valence electrons. The third kappa shape index (κ3) is 4.90. The van der Waals surface area contributed by atoms with Crippen molar-refractivity contribution in [3.8, 4) is 33.5 Å². The highest BCUT2D eigenvalue weighted by molar-refractivity contribution is 6.17. The summed E-state index contributed by atoms with van der Waals surface area (Å²) in [4.78, 5) is 7.50. The van der Waals surface area contributed by atoms with Gasteiger partial charge in [0.15, 0.2) is 5.58 Å². The molecule has 3 heteroatoms. The van der Waals surface area contributed by atoms with E-state index in [-0.39, 0.29) is 0 Å². The van der Waals surface area contributed by atoms with Crippen LogP contribution in [0.5, 0.6) is 0 Å². The minimum absolute atomic E-state index is 0.796. The zero-order valence-electron chi connectivity index (χ0n) is 26.1.